The van der Waals surface area contributed by atoms with Crippen molar-refractivity contribution in [1.29, 1.82) is 0 Å². The van der Waals surface area contributed by atoms with Crippen LogP contribution >= 0.6 is 0 Å². The average molecular weight is 792 g/mol. The Morgan fingerprint density at radius 2 is 1.68 bits per heavy atom. The molecule has 4 saturated carbocycles. The fourth-order valence-electron chi connectivity index (χ4n) is 15.4. The van der Waals surface area contributed by atoms with Crippen LogP contribution in [0, 0.1) is 55.7 Å². The number of H-pyrrole nitrogens is 1. The van der Waals surface area contributed by atoms with Gasteiger partial charge in [-0.25, -0.2) is 4.79 Å². The first-order valence-corrected chi connectivity index (χ1v) is 21.6. The first kappa shape index (κ1) is 40.9. The molecule has 1 aliphatic heterocycles. The second-order valence-corrected chi connectivity index (χ2v) is 20.8. The molecule has 11 nitrogen and oxygen atoms in total. The van der Waals surface area contributed by atoms with Crippen molar-refractivity contribution < 1.29 is 49.4 Å². The zero-order valence-electron chi connectivity index (χ0n) is 34.6. The first-order valence-electron chi connectivity index (χ1n) is 21.6. The second-order valence-electron chi connectivity index (χ2n) is 20.8. The normalized spacial score (nSPS) is 48.4. The summed E-state index contributed by atoms with van der Waals surface area (Å²) in [6, 6.07) is 0. The van der Waals surface area contributed by atoms with Gasteiger partial charge in [0, 0.05) is 23.7 Å². The van der Waals surface area contributed by atoms with Gasteiger partial charge in [-0.05, 0) is 134 Å². The summed E-state index contributed by atoms with van der Waals surface area (Å²) in [5, 5.41) is 53.0. The molecule has 1 aromatic rings. The number of aliphatic hydroxyl groups excluding tert-OH is 3. The maximum Gasteiger partial charge on any atom is 0.335 e. The number of ether oxygens (including phenoxy) is 2. The molecule has 8 rings (SSSR count). The van der Waals surface area contributed by atoms with Crippen LogP contribution in [-0.2, 0) is 36.7 Å². The summed E-state index contributed by atoms with van der Waals surface area (Å²) in [7, 11) is 0. The highest BCUT2D eigenvalue weighted by Gasteiger charge is 2.76. The van der Waals surface area contributed by atoms with Gasteiger partial charge in [-0.1, -0.05) is 65.3 Å². The molecule has 15 unspecified atom stereocenters. The van der Waals surface area contributed by atoms with Crippen molar-refractivity contribution in [2.75, 3.05) is 0 Å². The minimum Gasteiger partial charge on any atom is -0.481 e. The van der Waals surface area contributed by atoms with Crippen LogP contribution in [0.15, 0.2) is 36.2 Å². The predicted molar refractivity (Wildman–Crippen MR) is 211 cm³/mol. The van der Waals surface area contributed by atoms with E-state index in [4.69, 9.17) is 9.47 Å². The number of aromatic amines is 1. The number of carbonyl (C=O) groups excluding carboxylic acids is 1. The predicted octanol–water partition coefficient (Wildman–Crippen LogP) is 6.39. The molecule has 6 N–H and O–H groups in total. The smallest absolute Gasteiger partial charge is 0.335 e. The van der Waals surface area contributed by atoms with E-state index in [9.17, 15) is 39.9 Å². The monoisotopic (exact) mass is 791 g/mol. The third-order valence-corrected chi connectivity index (χ3v) is 18.3. The van der Waals surface area contributed by atoms with Crippen molar-refractivity contribution in [3.8, 4) is 0 Å². The van der Waals surface area contributed by atoms with E-state index in [1.54, 1.807) is 0 Å². The maximum absolute atomic E-state index is 13.7. The molecule has 5 fully saturated rings. The third kappa shape index (κ3) is 5.43. The highest BCUT2D eigenvalue weighted by Crippen LogP contribution is 2.80. The molecule has 11 heteroatoms. The number of aryl methyl sites for hydroxylation is 2. The van der Waals surface area contributed by atoms with Crippen LogP contribution in [0.1, 0.15) is 123 Å². The van der Waals surface area contributed by atoms with E-state index < -0.39 is 70.9 Å². The lowest BCUT2D eigenvalue weighted by atomic mass is 9.29. The molecule has 1 spiro atoms. The zero-order chi connectivity index (χ0) is 41.1. The summed E-state index contributed by atoms with van der Waals surface area (Å²) in [5.74, 6) is -2.38. The van der Waals surface area contributed by atoms with E-state index in [0.29, 0.717) is 25.7 Å². The van der Waals surface area contributed by atoms with Crippen LogP contribution in [0.2, 0.25) is 0 Å². The molecule has 15 atom stereocenters. The van der Waals surface area contributed by atoms with Gasteiger partial charge in [0.1, 0.15) is 24.6 Å². The van der Waals surface area contributed by atoms with Gasteiger partial charge in [-0.2, -0.15) is 0 Å². The summed E-state index contributed by atoms with van der Waals surface area (Å²) in [6.07, 6.45) is 13.7. The number of rotatable bonds is 9. The lowest BCUT2D eigenvalue weighted by Gasteiger charge is -2.74. The topological polar surface area (TPSA) is 187 Å². The molecule has 2 heterocycles. The molecule has 0 radical (unpaired) electrons. The van der Waals surface area contributed by atoms with Crippen LogP contribution in [0.3, 0.4) is 0 Å². The van der Waals surface area contributed by atoms with E-state index in [-0.39, 0.29) is 33.5 Å². The molecule has 0 amide bonds. The summed E-state index contributed by atoms with van der Waals surface area (Å²) in [5.41, 5.74) is 0.772. The van der Waals surface area contributed by atoms with Crippen LogP contribution < -0.4 is 0 Å². The highest BCUT2D eigenvalue weighted by molar-refractivity contribution is 5.83. The van der Waals surface area contributed by atoms with Gasteiger partial charge in [0.2, 0.25) is 0 Å². The lowest BCUT2D eigenvalue weighted by Crippen LogP contribution is -2.70. The van der Waals surface area contributed by atoms with E-state index in [2.05, 4.69) is 77.1 Å². The van der Waals surface area contributed by atoms with E-state index in [0.717, 1.165) is 64.1 Å². The fourth-order valence-corrected chi connectivity index (χ4v) is 15.4. The number of fused-ring (bicyclic) bond motifs is 6. The molecule has 1 saturated heterocycles. The fraction of sp³-hybridized carbons (Fsp3) is 0.761. The molecular weight excluding hydrogens is 727 g/mol. The van der Waals surface area contributed by atoms with Crippen molar-refractivity contribution in [3.05, 3.63) is 47.3 Å². The van der Waals surface area contributed by atoms with Gasteiger partial charge < -0.3 is 44.8 Å². The molecule has 6 aliphatic carbocycles. The molecule has 314 valence electrons. The summed E-state index contributed by atoms with van der Waals surface area (Å²) < 4.78 is 12.2. The number of hydrogen-bond donors (Lipinski definition) is 6. The number of nitrogens with one attached hydrogen (secondary N) is 1. The maximum atomic E-state index is 13.7. The Bertz CT molecular complexity index is 1850. The van der Waals surface area contributed by atoms with Gasteiger partial charge in [0.05, 0.1) is 11.5 Å². The summed E-state index contributed by atoms with van der Waals surface area (Å²) in [6.45, 7) is 13.8. The number of hydrogen-bond acceptors (Lipinski definition) is 8. The van der Waals surface area contributed by atoms with Crippen molar-refractivity contribution >= 4 is 18.2 Å². The summed E-state index contributed by atoms with van der Waals surface area (Å²) >= 11 is 0. The van der Waals surface area contributed by atoms with E-state index >= 15 is 0 Å². The third-order valence-electron chi connectivity index (χ3n) is 18.3. The number of carboxylic acids is 2. The molecule has 7 aliphatic rings. The second kappa shape index (κ2) is 13.6. The van der Waals surface area contributed by atoms with Gasteiger partial charge in [0.25, 0.3) is 0 Å². The summed E-state index contributed by atoms with van der Waals surface area (Å²) in [4.78, 5) is 42.0. The first-order chi connectivity index (χ1) is 26.8. The Hall–Kier alpha value is -2.83. The van der Waals surface area contributed by atoms with Gasteiger partial charge in [-0.15, -0.1) is 0 Å². The number of aromatic nitrogens is 1. The zero-order valence-corrected chi connectivity index (χ0v) is 34.6. The Morgan fingerprint density at radius 1 is 0.947 bits per heavy atom. The number of aldehydes is 1. The average Bonchev–Trinajstić information content (AvgIpc) is 3.62. The molecule has 0 aromatic carbocycles. The van der Waals surface area contributed by atoms with E-state index in [1.165, 1.54) is 16.7 Å². The number of carbonyl (C=O) groups is 3. The van der Waals surface area contributed by atoms with Gasteiger partial charge in [-0.3, -0.25) is 4.79 Å². The molecule has 2 bridgehead atoms. The largest absolute Gasteiger partial charge is 0.481 e. The quantitative estimate of drug-likeness (QED) is 0.0930. The van der Waals surface area contributed by atoms with Crippen molar-refractivity contribution in [2.45, 2.75) is 162 Å². The number of carboxylic acid groups (broad SMARTS) is 2. The van der Waals surface area contributed by atoms with Crippen LogP contribution in [0.5, 0.6) is 0 Å². The van der Waals surface area contributed by atoms with Crippen LogP contribution in [0.4, 0.5) is 0 Å². The number of allylic oxidation sites excluding steroid dienone is 4. The van der Waals surface area contributed by atoms with Crippen molar-refractivity contribution in [1.82, 2.24) is 4.98 Å². The molecule has 1 aromatic heterocycles. The molecular formula is C46H65NO10. The van der Waals surface area contributed by atoms with Crippen molar-refractivity contribution in [2.24, 2.45) is 55.7 Å². The minimum absolute atomic E-state index is 0.136. The Labute approximate surface area is 336 Å². The Morgan fingerprint density at radius 3 is 2.37 bits per heavy atom. The highest BCUT2D eigenvalue weighted by atomic mass is 16.7. The standard InChI is InChI=1S/C46H65NO10/c1-7-26-22-47-23-27(26)11-17-44-18-13-32(56-38-35(51)33(49)34(50)36(57-38)37(52)53)40(2,3)29(44)12-16-42(5)30(44)9-10-31-43(42,6)19-20-46(39(54)55)28(24-48)21-41(4)14-8-15-45(31,46)25-41/h8,10,15,22-24,28-30,32-36,38,47,49-51H,7,9,11-14,16-21,25H2,1-6H3,(H,52,53)(H,54,55). The Kier molecular flexibility index (Phi) is 9.76. The van der Waals surface area contributed by atoms with Crippen LogP contribution in [0.25, 0.3) is 0 Å². The molecule has 57 heavy (non-hydrogen) atoms. The van der Waals surface area contributed by atoms with Gasteiger partial charge in [0.15, 0.2) is 12.4 Å². The minimum atomic E-state index is -1.79. The number of aliphatic hydroxyl groups is 3. The lowest BCUT2D eigenvalue weighted by molar-refractivity contribution is -0.325. The van der Waals surface area contributed by atoms with Crippen LogP contribution in [-0.4, -0.2) is 85.6 Å². The Balaban J connectivity index is 1.21. The van der Waals surface area contributed by atoms with E-state index in [1.807, 2.05) is 0 Å². The van der Waals surface area contributed by atoms with Crippen molar-refractivity contribution in [3.63, 3.8) is 0 Å². The number of aliphatic carboxylic acids is 2. The SMILES string of the molecule is CCc1c[nH]cc1CCC12CCC(OC3OC(C(=O)O)C(O)C(O)C3O)C(C)(C)C1CCC1(C)C2CC=C2C1(C)CCC1(C(=O)O)C(C=O)CC3(C)CC=CC21C3. The van der Waals surface area contributed by atoms with Gasteiger partial charge >= 0.3 is 11.9 Å².